The molecule has 0 N–H and O–H groups in total. The van der Waals surface area contributed by atoms with E-state index in [1.54, 1.807) is 51.4 Å². The van der Waals surface area contributed by atoms with Crippen LogP contribution >= 0.6 is 0 Å². The van der Waals surface area contributed by atoms with Crippen LogP contribution in [0.3, 0.4) is 0 Å². The van der Waals surface area contributed by atoms with E-state index < -0.39 is 0 Å². The zero-order chi connectivity index (χ0) is 22.2. The summed E-state index contributed by atoms with van der Waals surface area (Å²) < 4.78 is 0. The molecular weight excluding hydrogens is 360 g/mol. The second kappa shape index (κ2) is 9.47. The fraction of sp³-hybridized carbons (Fsp3) is 1.00. The Labute approximate surface area is 190 Å². The summed E-state index contributed by atoms with van der Waals surface area (Å²) in [4.78, 5) is 0. The van der Waals surface area contributed by atoms with Gasteiger partial charge < -0.3 is 0 Å². The van der Waals surface area contributed by atoms with Gasteiger partial charge in [0, 0.05) is 0 Å². The largest absolute Gasteiger partial charge is 0.0654 e. The van der Waals surface area contributed by atoms with Crippen LogP contribution in [0.2, 0.25) is 0 Å². The first-order valence-electron chi connectivity index (χ1n) is 14.0. The second-order valence-corrected chi connectivity index (χ2v) is 14.4. The molecule has 4 aliphatic rings. The van der Waals surface area contributed by atoms with E-state index in [-0.39, 0.29) is 0 Å². The molecule has 0 heteroatoms. The van der Waals surface area contributed by atoms with Crippen LogP contribution in [0.1, 0.15) is 139 Å². The van der Waals surface area contributed by atoms with Gasteiger partial charge in [0.05, 0.1) is 0 Å². The maximum absolute atomic E-state index is 2.44. The Bertz CT molecular complexity index is 473. The molecule has 0 radical (unpaired) electrons. The van der Waals surface area contributed by atoms with Crippen LogP contribution in [-0.4, -0.2) is 0 Å². The van der Waals surface area contributed by atoms with E-state index in [9.17, 15) is 0 Å². The Morgan fingerprint density at radius 1 is 0.600 bits per heavy atom. The molecule has 4 saturated carbocycles. The van der Waals surface area contributed by atoms with Crippen molar-refractivity contribution >= 4 is 0 Å². The van der Waals surface area contributed by atoms with Gasteiger partial charge >= 0.3 is 0 Å². The van der Waals surface area contributed by atoms with Gasteiger partial charge in [-0.1, -0.05) is 68.2 Å². The summed E-state index contributed by atoms with van der Waals surface area (Å²) in [5, 5.41) is 0. The lowest BCUT2D eigenvalue weighted by Gasteiger charge is -2.74. The number of hydrogen-bond donors (Lipinski definition) is 0. The molecule has 0 saturated heterocycles. The first kappa shape index (κ1) is 24.6. The van der Waals surface area contributed by atoms with Crippen LogP contribution < -0.4 is 0 Å². The van der Waals surface area contributed by atoms with Crippen LogP contribution in [0.5, 0.6) is 0 Å². The third-order valence-corrected chi connectivity index (χ3v) is 9.39. The molecule has 0 unspecified atom stereocenters. The molecule has 3 atom stereocenters. The highest BCUT2D eigenvalue weighted by Gasteiger charge is 2.68. The lowest BCUT2D eigenvalue weighted by Crippen LogP contribution is -2.63. The molecule has 4 fully saturated rings. The fourth-order valence-electron chi connectivity index (χ4n) is 9.72. The topological polar surface area (TPSA) is 0 Å². The molecule has 0 amide bonds. The van der Waals surface area contributed by atoms with Gasteiger partial charge in [0.2, 0.25) is 0 Å². The van der Waals surface area contributed by atoms with Crippen LogP contribution in [0.4, 0.5) is 0 Å². The summed E-state index contributed by atoms with van der Waals surface area (Å²) in [6, 6.07) is 0. The molecule has 4 aliphatic carbocycles. The van der Waals surface area contributed by atoms with Crippen molar-refractivity contribution in [3.63, 3.8) is 0 Å². The van der Waals surface area contributed by atoms with Crippen molar-refractivity contribution in [3.8, 4) is 0 Å². The third-order valence-electron chi connectivity index (χ3n) is 9.39. The Hall–Kier alpha value is 0. The molecule has 0 aromatic carbocycles. The highest BCUT2D eigenvalue weighted by Crippen LogP contribution is 2.79. The van der Waals surface area contributed by atoms with Gasteiger partial charge in [-0.25, -0.2) is 0 Å². The molecule has 4 rings (SSSR count). The van der Waals surface area contributed by atoms with Gasteiger partial charge in [-0.15, -0.1) is 0 Å². The molecule has 0 bridgehead atoms. The molecule has 0 aromatic rings. The van der Waals surface area contributed by atoms with Crippen molar-refractivity contribution in [1.29, 1.82) is 0 Å². The van der Waals surface area contributed by atoms with Crippen molar-refractivity contribution < 1.29 is 0 Å². The van der Waals surface area contributed by atoms with Gasteiger partial charge in [0.15, 0.2) is 0 Å². The second-order valence-electron chi connectivity index (χ2n) is 14.4. The molecule has 0 nitrogen and oxygen atoms in total. The molecule has 176 valence electrons. The Balaban J connectivity index is 0.000000171. The van der Waals surface area contributed by atoms with Crippen LogP contribution in [-0.2, 0) is 0 Å². The van der Waals surface area contributed by atoms with Crippen LogP contribution in [0, 0.1) is 51.8 Å². The van der Waals surface area contributed by atoms with Gasteiger partial charge in [-0.2, -0.15) is 0 Å². The Kier molecular flexibility index (Phi) is 7.78. The summed E-state index contributed by atoms with van der Waals surface area (Å²) >= 11 is 0. The van der Waals surface area contributed by atoms with Crippen molar-refractivity contribution in [2.24, 2.45) is 51.8 Å². The lowest BCUT2D eigenvalue weighted by atomic mass is 9.31. The van der Waals surface area contributed by atoms with E-state index in [2.05, 4.69) is 55.4 Å². The van der Waals surface area contributed by atoms with Crippen molar-refractivity contribution in [2.45, 2.75) is 139 Å². The fourth-order valence-corrected chi connectivity index (χ4v) is 9.72. The summed E-state index contributed by atoms with van der Waals surface area (Å²) in [5.41, 5.74) is 2.66. The highest BCUT2D eigenvalue weighted by atomic mass is 14.7. The maximum Gasteiger partial charge on any atom is -0.0276 e. The highest BCUT2D eigenvalue weighted by molar-refractivity contribution is 5.18. The van der Waals surface area contributed by atoms with Crippen LogP contribution in [0.25, 0.3) is 0 Å². The van der Waals surface area contributed by atoms with E-state index >= 15 is 0 Å². The minimum absolute atomic E-state index is 0.861. The number of hydrogen-bond acceptors (Lipinski definition) is 0. The van der Waals surface area contributed by atoms with E-state index in [1.165, 1.54) is 32.1 Å². The average Bonchev–Trinajstić information content (AvgIpc) is 2.47. The van der Waals surface area contributed by atoms with Gasteiger partial charge in [0.25, 0.3) is 0 Å². The average molecular weight is 417 g/mol. The normalized spacial score (nSPS) is 41.9. The molecule has 30 heavy (non-hydrogen) atoms. The summed E-state index contributed by atoms with van der Waals surface area (Å²) in [7, 11) is 0. The third kappa shape index (κ3) is 5.86. The lowest BCUT2D eigenvalue weighted by molar-refractivity contribution is -0.237. The van der Waals surface area contributed by atoms with Crippen molar-refractivity contribution in [1.82, 2.24) is 0 Å². The zero-order valence-electron chi connectivity index (χ0n) is 22.2. The van der Waals surface area contributed by atoms with Crippen molar-refractivity contribution in [2.75, 3.05) is 0 Å². The summed E-state index contributed by atoms with van der Waals surface area (Å²) in [6.45, 7) is 19.1. The van der Waals surface area contributed by atoms with E-state index in [1.807, 2.05) is 0 Å². The quantitative estimate of drug-likeness (QED) is 0.369. The van der Waals surface area contributed by atoms with Crippen LogP contribution in [0.15, 0.2) is 0 Å². The van der Waals surface area contributed by atoms with E-state index in [0.29, 0.717) is 0 Å². The number of rotatable bonds is 8. The van der Waals surface area contributed by atoms with E-state index in [4.69, 9.17) is 0 Å². The first-order valence-corrected chi connectivity index (χ1v) is 14.0. The SMILES string of the molecule is CC1CC2(C1)CC1(C2)CC2(CC(C)C2)C1.CCC[C@H](C)C[C@H](C)C[C@H](C)CC(C)C. The zero-order valence-corrected chi connectivity index (χ0v) is 22.2. The molecule has 0 aliphatic heterocycles. The monoisotopic (exact) mass is 416 g/mol. The van der Waals surface area contributed by atoms with Gasteiger partial charge in [-0.3, -0.25) is 0 Å². The Morgan fingerprint density at radius 2 is 1.00 bits per heavy atom. The minimum Gasteiger partial charge on any atom is -0.0654 e. The molecule has 0 heterocycles. The minimum atomic E-state index is 0.861. The molecule has 3 spiro atoms. The Morgan fingerprint density at radius 3 is 1.37 bits per heavy atom. The predicted molar refractivity (Wildman–Crippen MR) is 134 cm³/mol. The van der Waals surface area contributed by atoms with E-state index in [0.717, 1.165) is 51.8 Å². The van der Waals surface area contributed by atoms with Gasteiger partial charge in [0.1, 0.15) is 0 Å². The smallest absolute Gasteiger partial charge is 0.0276 e. The first-order chi connectivity index (χ1) is 14.0. The standard InChI is InChI=1S/C15H24.C15H32/c1-11-3-13(4-11)7-15(8-13)9-14(10-15)5-12(2)6-14;1-7-8-13(4)10-15(6)11-14(5)9-12(2)3/h11-12H,3-10H2,1-2H3;12-15H,7-11H2,1-6H3/t;13-,14+,15-/m.0/s1. The molecule has 0 aromatic heterocycles. The summed E-state index contributed by atoms with van der Waals surface area (Å²) in [5.74, 6) is 5.73. The summed E-state index contributed by atoms with van der Waals surface area (Å²) in [6.07, 6.45) is 19.8. The van der Waals surface area contributed by atoms with Crippen molar-refractivity contribution in [3.05, 3.63) is 0 Å². The maximum atomic E-state index is 2.44. The predicted octanol–water partition coefficient (Wildman–Crippen LogP) is 9.91. The van der Waals surface area contributed by atoms with Gasteiger partial charge in [-0.05, 0) is 122 Å². The molecular formula is C30H56.